The fourth-order valence-corrected chi connectivity index (χ4v) is 3.25. The highest BCUT2D eigenvalue weighted by Crippen LogP contribution is 2.25. The van der Waals surface area contributed by atoms with Crippen LogP contribution in [-0.4, -0.2) is 29.1 Å². The van der Waals surface area contributed by atoms with Crippen molar-refractivity contribution in [2.75, 3.05) is 11.1 Å². The molecule has 1 heterocycles. The summed E-state index contributed by atoms with van der Waals surface area (Å²) in [7, 11) is 0. The van der Waals surface area contributed by atoms with Crippen LogP contribution in [-0.2, 0) is 4.79 Å². The zero-order valence-electron chi connectivity index (χ0n) is 11.3. The molecule has 0 saturated carbocycles. The van der Waals surface area contributed by atoms with E-state index in [-0.39, 0.29) is 29.1 Å². The average molecular weight is 348 g/mol. The number of urea groups is 1. The van der Waals surface area contributed by atoms with E-state index < -0.39 is 0 Å². The summed E-state index contributed by atoms with van der Waals surface area (Å²) >= 11 is 13.1. The highest BCUT2D eigenvalue weighted by atomic mass is 35.5. The zero-order chi connectivity index (χ0) is 15.4. The molecule has 3 N–H and O–H groups in total. The molecule has 0 bridgehead atoms. The Morgan fingerprint density at radius 2 is 2.14 bits per heavy atom. The third kappa shape index (κ3) is 4.98. The van der Waals surface area contributed by atoms with Crippen molar-refractivity contribution in [1.29, 1.82) is 0 Å². The normalized spacial score (nSPS) is 21.4. The molecular weight excluding hydrogens is 333 g/mol. The van der Waals surface area contributed by atoms with Crippen LogP contribution in [0.15, 0.2) is 18.2 Å². The van der Waals surface area contributed by atoms with Crippen LogP contribution >= 0.6 is 35.0 Å². The number of carbonyl (C=O) groups excluding carboxylic acids is 2. The average Bonchev–Trinajstić information content (AvgIpc) is 2.40. The third-order valence-electron chi connectivity index (χ3n) is 2.86. The predicted molar refractivity (Wildman–Crippen MR) is 87.1 cm³/mol. The molecule has 21 heavy (non-hydrogen) atoms. The Morgan fingerprint density at radius 3 is 2.81 bits per heavy atom. The molecule has 1 aliphatic rings. The minimum atomic E-state index is -0.198. The van der Waals surface area contributed by atoms with Crippen molar-refractivity contribution >= 4 is 52.6 Å². The molecule has 1 aliphatic heterocycles. The van der Waals surface area contributed by atoms with Crippen LogP contribution in [0, 0.1) is 0 Å². The molecule has 3 amide bonds. The summed E-state index contributed by atoms with van der Waals surface area (Å²) in [6.45, 7) is 1.93. The Hall–Kier alpha value is -1.11. The van der Waals surface area contributed by atoms with Gasteiger partial charge < -0.3 is 16.0 Å². The molecule has 0 spiro atoms. The van der Waals surface area contributed by atoms with Crippen LogP contribution < -0.4 is 16.0 Å². The molecule has 2 atom stereocenters. The topological polar surface area (TPSA) is 70.2 Å². The molecular formula is C13H15Cl2N3O2S. The SMILES string of the molecule is CC1CC(SCC(=O)Nc2ccc(Cl)c(Cl)c2)NC(=O)N1. The Kier molecular flexibility index (Phi) is 5.61. The molecule has 1 aromatic carbocycles. The standard InChI is InChI=1S/C13H15Cl2N3O2S/c1-7-4-12(18-13(20)16-7)21-6-11(19)17-8-2-3-9(14)10(15)5-8/h2-3,5,7,12H,4,6H2,1H3,(H,17,19)(H2,16,18,20). The van der Waals surface area contributed by atoms with Crippen molar-refractivity contribution in [3.8, 4) is 0 Å². The summed E-state index contributed by atoms with van der Waals surface area (Å²) < 4.78 is 0. The third-order valence-corrected chi connectivity index (χ3v) is 4.74. The van der Waals surface area contributed by atoms with Gasteiger partial charge in [0.25, 0.3) is 0 Å². The van der Waals surface area contributed by atoms with Crippen LogP contribution in [0.5, 0.6) is 0 Å². The molecule has 5 nitrogen and oxygen atoms in total. The van der Waals surface area contributed by atoms with Crippen molar-refractivity contribution < 1.29 is 9.59 Å². The van der Waals surface area contributed by atoms with Gasteiger partial charge in [-0.15, -0.1) is 11.8 Å². The Bertz CT molecular complexity index is 556. The Balaban J connectivity index is 1.81. The first-order valence-electron chi connectivity index (χ1n) is 6.37. The van der Waals surface area contributed by atoms with Crippen LogP contribution in [0.4, 0.5) is 10.5 Å². The van der Waals surface area contributed by atoms with Crippen LogP contribution in [0.3, 0.4) is 0 Å². The zero-order valence-corrected chi connectivity index (χ0v) is 13.6. The molecule has 1 aromatic rings. The van der Waals surface area contributed by atoms with Gasteiger partial charge in [0.1, 0.15) is 0 Å². The van der Waals surface area contributed by atoms with Gasteiger partial charge in [-0.05, 0) is 31.5 Å². The van der Waals surface area contributed by atoms with E-state index in [4.69, 9.17) is 23.2 Å². The Labute approximate surface area is 137 Å². The maximum Gasteiger partial charge on any atom is 0.315 e. The molecule has 0 radical (unpaired) electrons. The highest BCUT2D eigenvalue weighted by Gasteiger charge is 2.23. The molecule has 114 valence electrons. The first kappa shape index (κ1) is 16.3. The van der Waals surface area contributed by atoms with Crippen LogP contribution in [0.2, 0.25) is 10.0 Å². The van der Waals surface area contributed by atoms with Gasteiger partial charge in [0.05, 0.1) is 21.2 Å². The molecule has 2 rings (SSSR count). The number of anilines is 1. The lowest BCUT2D eigenvalue weighted by Crippen LogP contribution is -2.52. The maximum absolute atomic E-state index is 11.9. The van der Waals surface area contributed by atoms with Crippen molar-refractivity contribution in [3.63, 3.8) is 0 Å². The molecule has 1 fully saturated rings. The minimum absolute atomic E-state index is 0.0618. The predicted octanol–water partition coefficient (Wildman–Crippen LogP) is 3.08. The minimum Gasteiger partial charge on any atom is -0.336 e. The molecule has 0 aromatic heterocycles. The van der Waals surface area contributed by atoms with Crippen molar-refractivity contribution in [3.05, 3.63) is 28.2 Å². The smallest absolute Gasteiger partial charge is 0.315 e. The van der Waals surface area contributed by atoms with Gasteiger partial charge in [0.15, 0.2) is 0 Å². The fraction of sp³-hybridized carbons (Fsp3) is 0.385. The summed E-state index contributed by atoms with van der Waals surface area (Å²) in [5.74, 6) is 0.0941. The van der Waals surface area contributed by atoms with E-state index in [1.54, 1.807) is 18.2 Å². The van der Waals surface area contributed by atoms with Gasteiger partial charge in [-0.3, -0.25) is 4.79 Å². The van der Waals surface area contributed by atoms with E-state index in [0.29, 0.717) is 15.7 Å². The summed E-state index contributed by atoms with van der Waals surface area (Å²) in [5, 5.41) is 9.04. The van der Waals surface area contributed by atoms with Crippen molar-refractivity contribution in [1.82, 2.24) is 10.6 Å². The summed E-state index contributed by atoms with van der Waals surface area (Å²) in [5.41, 5.74) is 0.595. The molecule has 1 saturated heterocycles. The fourth-order valence-electron chi connectivity index (χ4n) is 1.91. The lowest BCUT2D eigenvalue weighted by atomic mass is 10.2. The number of hydrogen-bond donors (Lipinski definition) is 3. The quantitative estimate of drug-likeness (QED) is 0.783. The van der Waals surface area contributed by atoms with Gasteiger partial charge in [0.2, 0.25) is 5.91 Å². The van der Waals surface area contributed by atoms with E-state index in [2.05, 4.69) is 16.0 Å². The van der Waals surface area contributed by atoms with Gasteiger partial charge >= 0.3 is 6.03 Å². The number of thioether (sulfide) groups is 1. The lowest BCUT2D eigenvalue weighted by molar-refractivity contribution is -0.113. The second kappa shape index (κ2) is 7.24. The number of benzene rings is 1. The summed E-state index contributed by atoms with van der Waals surface area (Å²) in [6, 6.07) is 4.82. The van der Waals surface area contributed by atoms with Gasteiger partial charge in [-0.25, -0.2) is 4.79 Å². The number of hydrogen-bond acceptors (Lipinski definition) is 3. The van der Waals surface area contributed by atoms with Crippen molar-refractivity contribution in [2.24, 2.45) is 0 Å². The number of carbonyl (C=O) groups is 2. The van der Waals surface area contributed by atoms with E-state index in [0.717, 1.165) is 6.42 Å². The monoisotopic (exact) mass is 347 g/mol. The van der Waals surface area contributed by atoms with E-state index in [1.807, 2.05) is 6.92 Å². The van der Waals surface area contributed by atoms with Gasteiger partial charge in [-0.1, -0.05) is 23.2 Å². The van der Waals surface area contributed by atoms with Gasteiger partial charge in [-0.2, -0.15) is 0 Å². The number of halogens is 2. The van der Waals surface area contributed by atoms with Gasteiger partial charge in [0, 0.05) is 11.7 Å². The number of amides is 3. The summed E-state index contributed by atoms with van der Waals surface area (Å²) in [4.78, 5) is 23.2. The molecule has 2 unspecified atom stereocenters. The number of rotatable bonds is 4. The van der Waals surface area contributed by atoms with Crippen LogP contribution in [0.25, 0.3) is 0 Å². The largest absolute Gasteiger partial charge is 0.336 e. The summed E-state index contributed by atoms with van der Waals surface area (Å²) in [6.07, 6.45) is 0.774. The van der Waals surface area contributed by atoms with E-state index >= 15 is 0 Å². The first-order chi connectivity index (χ1) is 9.94. The maximum atomic E-state index is 11.9. The molecule has 0 aliphatic carbocycles. The second-order valence-electron chi connectivity index (χ2n) is 4.73. The Morgan fingerprint density at radius 1 is 1.38 bits per heavy atom. The first-order valence-corrected chi connectivity index (χ1v) is 8.18. The second-order valence-corrected chi connectivity index (χ2v) is 6.74. The van der Waals surface area contributed by atoms with Crippen molar-refractivity contribution in [2.45, 2.75) is 24.8 Å². The van der Waals surface area contributed by atoms with E-state index in [9.17, 15) is 9.59 Å². The van der Waals surface area contributed by atoms with E-state index in [1.165, 1.54) is 11.8 Å². The highest BCUT2D eigenvalue weighted by molar-refractivity contribution is 8.00. The lowest BCUT2D eigenvalue weighted by Gasteiger charge is -2.28. The molecule has 8 heteroatoms. The number of nitrogens with one attached hydrogen (secondary N) is 3. The van der Waals surface area contributed by atoms with Crippen LogP contribution in [0.1, 0.15) is 13.3 Å².